The molecule has 1 amide bonds. The Morgan fingerprint density at radius 3 is 2.39 bits per heavy atom. The maximum atomic E-state index is 12.7. The summed E-state index contributed by atoms with van der Waals surface area (Å²) < 4.78 is 5.95. The van der Waals surface area contributed by atoms with Crippen LogP contribution in [0.15, 0.2) is 48.5 Å². The van der Waals surface area contributed by atoms with E-state index in [0.717, 1.165) is 11.4 Å². The largest absolute Gasteiger partial charge is 0.457 e. The molecule has 1 heterocycles. The van der Waals surface area contributed by atoms with Gasteiger partial charge in [-0.3, -0.25) is 9.59 Å². The summed E-state index contributed by atoms with van der Waals surface area (Å²) in [6.45, 7) is 0.996. The summed E-state index contributed by atoms with van der Waals surface area (Å²) in [6.07, 6.45) is 5.99. The Bertz CT molecular complexity index is 831. The lowest BCUT2D eigenvalue weighted by atomic mass is 10.1. The van der Waals surface area contributed by atoms with E-state index >= 15 is 0 Å². The van der Waals surface area contributed by atoms with Gasteiger partial charge in [0.05, 0.1) is 0 Å². The van der Waals surface area contributed by atoms with Gasteiger partial charge in [0.2, 0.25) is 0 Å². The van der Waals surface area contributed by atoms with Gasteiger partial charge in [0, 0.05) is 43.2 Å². The zero-order chi connectivity index (χ0) is 19.3. The van der Waals surface area contributed by atoms with Crippen molar-refractivity contribution in [2.24, 2.45) is 0 Å². The fourth-order valence-corrected chi connectivity index (χ4v) is 3.90. The van der Waals surface area contributed by atoms with Crippen LogP contribution in [0.5, 0.6) is 11.5 Å². The molecule has 28 heavy (non-hydrogen) atoms. The first-order valence-corrected chi connectivity index (χ1v) is 10.1. The predicted molar refractivity (Wildman–Crippen MR) is 109 cm³/mol. The van der Waals surface area contributed by atoms with Crippen molar-refractivity contribution < 1.29 is 14.3 Å². The van der Waals surface area contributed by atoms with Crippen LogP contribution in [0.2, 0.25) is 0 Å². The Labute approximate surface area is 165 Å². The van der Waals surface area contributed by atoms with E-state index in [1.807, 2.05) is 36.4 Å². The van der Waals surface area contributed by atoms with Crippen LogP contribution >= 0.6 is 0 Å². The molecular formula is C23H26N2O3. The summed E-state index contributed by atoms with van der Waals surface area (Å²) in [6, 6.07) is 15.8. The molecule has 1 N–H and O–H groups in total. The molecule has 0 atom stereocenters. The molecule has 146 valence electrons. The fourth-order valence-electron chi connectivity index (χ4n) is 3.90. The van der Waals surface area contributed by atoms with Crippen molar-refractivity contribution in [3.63, 3.8) is 0 Å². The Morgan fingerprint density at radius 1 is 0.964 bits per heavy atom. The number of hydrogen-bond donors (Lipinski definition) is 1. The molecule has 2 aromatic carbocycles. The number of carbonyl (C=O) groups excluding carboxylic acids is 2. The van der Waals surface area contributed by atoms with Crippen molar-refractivity contribution in [1.29, 1.82) is 0 Å². The average Bonchev–Trinajstić information content (AvgIpc) is 3.23. The number of anilines is 1. The number of amides is 1. The fraction of sp³-hybridized carbons (Fsp3) is 0.391. The maximum absolute atomic E-state index is 12.7. The number of benzene rings is 2. The van der Waals surface area contributed by atoms with Crippen molar-refractivity contribution >= 4 is 17.4 Å². The third-order valence-electron chi connectivity index (χ3n) is 5.51. The second-order valence-electron chi connectivity index (χ2n) is 7.61. The van der Waals surface area contributed by atoms with Crippen LogP contribution in [0.25, 0.3) is 0 Å². The summed E-state index contributed by atoms with van der Waals surface area (Å²) in [5.41, 5.74) is 1.70. The van der Waals surface area contributed by atoms with Crippen molar-refractivity contribution in [2.45, 2.75) is 44.6 Å². The molecule has 1 aliphatic heterocycles. The molecule has 2 fully saturated rings. The average molecular weight is 378 g/mol. The van der Waals surface area contributed by atoms with Gasteiger partial charge in [-0.1, -0.05) is 18.9 Å². The minimum absolute atomic E-state index is 0.0472. The van der Waals surface area contributed by atoms with Gasteiger partial charge in [0.1, 0.15) is 17.3 Å². The number of piperidine rings is 1. The van der Waals surface area contributed by atoms with Crippen LogP contribution in [0.3, 0.4) is 0 Å². The van der Waals surface area contributed by atoms with Gasteiger partial charge in [-0.15, -0.1) is 0 Å². The maximum Gasteiger partial charge on any atom is 0.254 e. The lowest BCUT2D eigenvalue weighted by Gasteiger charge is -2.26. The number of rotatable bonds is 5. The van der Waals surface area contributed by atoms with E-state index in [0.29, 0.717) is 43.3 Å². The lowest BCUT2D eigenvalue weighted by Crippen LogP contribution is -2.38. The molecule has 0 radical (unpaired) electrons. The first-order chi connectivity index (χ1) is 13.7. The van der Waals surface area contributed by atoms with Gasteiger partial charge in [-0.05, 0) is 55.3 Å². The zero-order valence-corrected chi connectivity index (χ0v) is 16.0. The summed E-state index contributed by atoms with van der Waals surface area (Å²) in [7, 11) is 0. The first-order valence-electron chi connectivity index (χ1n) is 10.1. The van der Waals surface area contributed by atoms with Crippen molar-refractivity contribution in [3.8, 4) is 11.5 Å². The van der Waals surface area contributed by atoms with E-state index in [4.69, 9.17) is 4.74 Å². The van der Waals surface area contributed by atoms with Crippen LogP contribution in [0, 0.1) is 0 Å². The normalized spacial score (nSPS) is 17.6. The monoisotopic (exact) mass is 378 g/mol. The van der Waals surface area contributed by atoms with E-state index in [1.165, 1.54) is 25.7 Å². The summed E-state index contributed by atoms with van der Waals surface area (Å²) in [5.74, 6) is 1.56. The van der Waals surface area contributed by atoms with E-state index < -0.39 is 0 Å². The van der Waals surface area contributed by atoms with E-state index in [-0.39, 0.29) is 11.7 Å². The van der Waals surface area contributed by atoms with Gasteiger partial charge >= 0.3 is 0 Å². The van der Waals surface area contributed by atoms with E-state index in [1.54, 1.807) is 17.0 Å². The number of carbonyl (C=O) groups is 2. The number of ether oxygens (including phenoxy) is 1. The molecule has 5 heteroatoms. The van der Waals surface area contributed by atoms with Gasteiger partial charge in [0.25, 0.3) is 5.91 Å². The summed E-state index contributed by atoms with van der Waals surface area (Å²) >= 11 is 0. The predicted octanol–water partition coefficient (Wildman–Crippen LogP) is 4.64. The molecule has 4 rings (SSSR count). The van der Waals surface area contributed by atoms with Crippen molar-refractivity contribution in [1.82, 2.24) is 4.90 Å². The molecule has 1 aliphatic carbocycles. The molecule has 0 spiro atoms. The smallest absolute Gasteiger partial charge is 0.254 e. The van der Waals surface area contributed by atoms with Crippen LogP contribution in [-0.2, 0) is 4.79 Å². The zero-order valence-electron chi connectivity index (χ0n) is 16.0. The Hall–Kier alpha value is -2.82. The van der Waals surface area contributed by atoms with E-state index in [9.17, 15) is 9.59 Å². The highest BCUT2D eigenvalue weighted by molar-refractivity contribution is 5.95. The van der Waals surface area contributed by atoms with Crippen LogP contribution in [0.4, 0.5) is 5.69 Å². The lowest BCUT2D eigenvalue weighted by molar-refractivity contribution is -0.120. The van der Waals surface area contributed by atoms with Crippen LogP contribution < -0.4 is 10.1 Å². The van der Waals surface area contributed by atoms with Gasteiger partial charge in [-0.25, -0.2) is 0 Å². The van der Waals surface area contributed by atoms with Gasteiger partial charge < -0.3 is 15.0 Å². The number of nitrogens with zero attached hydrogens (tertiary/aromatic N) is 1. The summed E-state index contributed by atoms with van der Waals surface area (Å²) in [5, 5.41) is 3.57. The minimum atomic E-state index is -0.0472. The highest BCUT2D eigenvalue weighted by Gasteiger charge is 2.22. The molecule has 5 nitrogen and oxygen atoms in total. The molecular weight excluding hydrogens is 352 g/mol. The molecule has 1 saturated carbocycles. The topological polar surface area (TPSA) is 58.6 Å². The molecule has 0 unspecified atom stereocenters. The highest BCUT2D eigenvalue weighted by atomic mass is 16.5. The van der Waals surface area contributed by atoms with Crippen molar-refractivity contribution in [2.75, 3.05) is 18.4 Å². The minimum Gasteiger partial charge on any atom is -0.457 e. The standard InChI is InChI=1S/C23H26N2O3/c26-20-12-14-25(15-13-20)23(27)17-4-3-7-22(16-17)28-21-10-8-19(9-11-21)24-18-5-1-2-6-18/h3-4,7-11,16,18,24H,1-2,5-6,12-15H2. The second-order valence-corrected chi connectivity index (χ2v) is 7.61. The Balaban J connectivity index is 1.39. The van der Waals surface area contributed by atoms with Crippen LogP contribution in [-0.4, -0.2) is 35.7 Å². The quantitative estimate of drug-likeness (QED) is 0.823. The van der Waals surface area contributed by atoms with Gasteiger partial charge in [0.15, 0.2) is 0 Å². The summed E-state index contributed by atoms with van der Waals surface area (Å²) in [4.78, 5) is 25.8. The SMILES string of the molecule is O=C1CCN(C(=O)c2cccc(Oc3ccc(NC4CCCC4)cc3)c2)CC1. The van der Waals surface area contributed by atoms with E-state index in [2.05, 4.69) is 5.32 Å². The Kier molecular flexibility index (Phi) is 5.60. The van der Waals surface area contributed by atoms with Crippen molar-refractivity contribution in [3.05, 3.63) is 54.1 Å². The molecule has 1 saturated heterocycles. The van der Waals surface area contributed by atoms with Crippen LogP contribution in [0.1, 0.15) is 48.9 Å². The highest BCUT2D eigenvalue weighted by Crippen LogP contribution is 2.27. The second kappa shape index (κ2) is 8.46. The number of nitrogens with one attached hydrogen (secondary N) is 1. The molecule has 0 aromatic heterocycles. The number of hydrogen-bond acceptors (Lipinski definition) is 4. The molecule has 2 aliphatic rings. The molecule has 2 aromatic rings. The third-order valence-corrected chi connectivity index (χ3v) is 5.51. The number of likely N-dealkylation sites (tertiary alicyclic amines) is 1. The molecule has 0 bridgehead atoms. The third kappa shape index (κ3) is 4.53. The Morgan fingerprint density at radius 2 is 1.68 bits per heavy atom. The van der Waals surface area contributed by atoms with Gasteiger partial charge in [-0.2, -0.15) is 0 Å². The first kappa shape index (κ1) is 18.5. The number of ketones is 1. The number of Topliss-reactive ketones (excluding diaryl/α,β-unsaturated/α-hetero) is 1.